The van der Waals surface area contributed by atoms with Crippen LogP contribution in [0.15, 0.2) is 0 Å². The Morgan fingerprint density at radius 3 is 2.40 bits per heavy atom. The zero-order chi connectivity index (χ0) is 7.61. The molecule has 0 aromatic carbocycles. The van der Waals surface area contributed by atoms with Crippen LogP contribution in [-0.2, 0) is 9.53 Å². The minimum atomic E-state index is -0.102. The van der Waals surface area contributed by atoms with Crippen molar-refractivity contribution in [1.82, 2.24) is 0 Å². The molecule has 58 valence electrons. The summed E-state index contributed by atoms with van der Waals surface area (Å²) in [5.74, 6) is 0. The number of carbonyl (C=O) groups is 1. The van der Waals surface area contributed by atoms with Crippen LogP contribution in [0.2, 0.25) is 0 Å². The Morgan fingerprint density at radius 1 is 1.70 bits per heavy atom. The molecule has 0 radical (unpaired) electrons. The van der Waals surface area contributed by atoms with Gasteiger partial charge in [-0.05, 0) is 12.8 Å². The second kappa shape index (κ2) is 3.17. The molecule has 0 amide bonds. The van der Waals surface area contributed by atoms with Gasteiger partial charge in [-0.2, -0.15) is 0 Å². The van der Waals surface area contributed by atoms with Gasteiger partial charge in [-0.15, -0.1) is 0 Å². The van der Waals surface area contributed by atoms with Crippen LogP contribution in [0.5, 0.6) is 0 Å². The molecule has 0 bridgehead atoms. The smallest absolute Gasteiger partial charge is 0.200 e. The molecule has 0 aliphatic heterocycles. The van der Waals surface area contributed by atoms with Crippen molar-refractivity contribution in [2.45, 2.75) is 19.3 Å². The number of hydrogen-bond donors (Lipinski definition) is 0. The summed E-state index contributed by atoms with van der Waals surface area (Å²) in [5.41, 5.74) is -0.102. The molecule has 10 heavy (non-hydrogen) atoms. The minimum absolute atomic E-state index is 0.102. The van der Waals surface area contributed by atoms with E-state index < -0.39 is 0 Å². The van der Waals surface area contributed by atoms with Crippen molar-refractivity contribution >= 4 is 26.4 Å². The summed E-state index contributed by atoms with van der Waals surface area (Å²) in [5, 5.41) is 0. The van der Waals surface area contributed by atoms with Gasteiger partial charge >= 0.3 is 0 Å². The van der Waals surface area contributed by atoms with Crippen LogP contribution in [-0.4, -0.2) is 17.5 Å². The monoisotopic (exact) mass is 254 g/mol. The van der Waals surface area contributed by atoms with E-state index in [4.69, 9.17) is 4.74 Å². The standard InChI is InChI=1S/C7H11IO2/c1-10-5-7(6(8)9)3-2-4-7/h2-5H2,1H3. The van der Waals surface area contributed by atoms with Crippen LogP contribution in [0, 0.1) is 5.41 Å². The first-order valence-corrected chi connectivity index (χ1v) is 4.48. The molecule has 0 N–H and O–H groups in total. The lowest BCUT2D eigenvalue weighted by atomic mass is 9.71. The Hall–Kier alpha value is 0.360. The molecule has 1 fully saturated rings. The van der Waals surface area contributed by atoms with E-state index >= 15 is 0 Å². The number of rotatable bonds is 3. The van der Waals surface area contributed by atoms with E-state index in [1.807, 2.05) is 22.6 Å². The molecule has 0 atom stereocenters. The van der Waals surface area contributed by atoms with E-state index in [0.717, 1.165) is 12.8 Å². The normalized spacial score (nSPS) is 21.8. The lowest BCUT2D eigenvalue weighted by Crippen LogP contribution is -2.39. The van der Waals surface area contributed by atoms with Gasteiger partial charge in [0.2, 0.25) is 3.79 Å². The van der Waals surface area contributed by atoms with Gasteiger partial charge in [0.15, 0.2) is 0 Å². The Kier molecular flexibility index (Phi) is 2.68. The van der Waals surface area contributed by atoms with Crippen molar-refractivity contribution in [1.29, 1.82) is 0 Å². The fourth-order valence-corrected chi connectivity index (χ4v) is 1.97. The van der Waals surface area contributed by atoms with E-state index in [9.17, 15) is 4.79 Å². The van der Waals surface area contributed by atoms with Crippen LogP contribution in [0.1, 0.15) is 19.3 Å². The lowest BCUT2D eigenvalue weighted by molar-refractivity contribution is -0.126. The van der Waals surface area contributed by atoms with Crippen molar-refractivity contribution in [3.8, 4) is 0 Å². The van der Waals surface area contributed by atoms with E-state index in [1.54, 1.807) is 7.11 Å². The number of methoxy groups -OCH3 is 1. The third kappa shape index (κ3) is 1.34. The Morgan fingerprint density at radius 2 is 2.30 bits per heavy atom. The lowest BCUT2D eigenvalue weighted by Gasteiger charge is -2.37. The highest BCUT2D eigenvalue weighted by Gasteiger charge is 2.42. The third-order valence-corrected chi connectivity index (χ3v) is 3.29. The maximum atomic E-state index is 11.0. The summed E-state index contributed by atoms with van der Waals surface area (Å²) < 4.78 is 5.25. The quantitative estimate of drug-likeness (QED) is 0.566. The van der Waals surface area contributed by atoms with Gasteiger partial charge in [0, 0.05) is 29.7 Å². The summed E-state index contributed by atoms with van der Waals surface area (Å²) in [6, 6.07) is 0. The van der Waals surface area contributed by atoms with Gasteiger partial charge in [0.1, 0.15) is 0 Å². The maximum absolute atomic E-state index is 11.0. The SMILES string of the molecule is COCC1(C(=O)I)CCC1. The molecule has 1 saturated carbocycles. The first-order chi connectivity index (χ1) is 4.71. The fraction of sp³-hybridized carbons (Fsp3) is 0.857. The molecule has 0 unspecified atom stereocenters. The summed E-state index contributed by atoms with van der Waals surface area (Å²) in [6.45, 7) is 0.606. The number of hydrogen-bond acceptors (Lipinski definition) is 2. The van der Waals surface area contributed by atoms with Gasteiger partial charge in [0.25, 0.3) is 0 Å². The van der Waals surface area contributed by atoms with E-state index in [2.05, 4.69) is 0 Å². The second-order valence-electron chi connectivity index (χ2n) is 2.84. The molecular formula is C7H11IO2. The summed E-state index contributed by atoms with van der Waals surface area (Å²) >= 11 is 1.88. The number of halogens is 1. The zero-order valence-corrected chi connectivity index (χ0v) is 8.18. The third-order valence-electron chi connectivity index (χ3n) is 2.15. The van der Waals surface area contributed by atoms with Crippen LogP contribution in [0.4, 0.5) is 0 Å². The number of carbonyl (C=O) groups excluding carboxylic acids is 1. The first-order valence-electron chi connectivity index (χ1n) is 3.40. The van der Waals surface area contributed by atoms with Crippen molar-refractivity contribution in [3.05, 3.63) is 0 Å². The summed E-state index contributed by atoms with van der Waals surface area (Å²) in [7, 11) is 1.65. The van der Waals surface area contributed by atoms with Gasteiger partial charge in [-0.25, -0.2) is 0 Å². The van der Waals surface area contributed by atoms with Crippen molar-refractivity contribution in [2.24, 2.45) is 5.41 Å². The molecule has 1 aliphatic rings. The predicted molar refractivity (Wildman–Crippen MR) is 47.2 cm³/mol. The largest absolute Gasteiger partial charge is 0.384 e. The topological polar surface area (TPSA) is 26.3 Å². The molecule has 0 aromatic heterocycles. The van der Waals surface area contributed by atoms with E-state index in [-0.39, 0.29) is 9.20 Å². The minimum Gasteiger partial charge on any atom is -0.384 e. The molecule has 1 aliphatic carbocycles. The van der Waals surface area contributed by atoms with Crippen molar-refractivity contribution in [3.63, 3.8) is 0 Å². The Labute approximate surface area is 74.5 Å². The first kappa shape index (κ1) is 8.46. The molecule has 0 aromatic rings. The molecule has 3 heteroatoms. The average molecular weight is 254 g/mol. The Bertz CT molecular complexity index is 141. The zero-order valence-electron chi connectivity index (χ0n) is 6.02. The van der Waals surface area contributed by atoms with E-state index in [1.165, 1.54) is 6.42 Å². The Balaban J connectivity index is 2.50. The number of ether oxygens (including phenoxy) is 1. The van der Waals surface area contributed by atoms with Crippen molar-refractivity contribution in [2.75, 3.05) is 13.7 Å². The maximum Gasteiger partial charge on any atom is 0.200 e. The average Bonchev–Trinajstić information content (AvgIpc) is 1.77. The summed E-state index contributed by atoms with van der Waals surface area (Å²) in [6.07, 6.45) is 3.21. The molecule has 0 spiro atoms. The molecule has 1 rings (SSSR count). The van der Waals surface area contributed by atoms with Crippen molar-refractivity contribution < 1.29 is 9.53 Å². The van der Waals surface area contributed by atoms with Crippen LogP contribution in [0.3, 0.4) is 0 Å². The van der Waals surface area contributed by atoms with Gasteiger partial charge in [-0.1, -0.05) is 6.42 Å². The van der Waals surface area contributed by atoms with Gasteiger partial charge in [0.05, 0.1) is 12.0 Å². The highest BCUT2D eigenvalue weighted by Crippen LogP contribution is 2.43. The molecule has 0 heterocycles. The second-order valence-corrected chi connectivity index (χ2v) is 3.82. The van der Waals surface area contributed by atoms with Crippen LogP contribution < -0.4 is 0 Å². The predicted octanol–water partition coefficient (Wildman–Crippen LogP) is 1.76. The molecule has 2 nitrogen and oxygen atoms in total. The van der Waals surface area contributed by atoms with Gasteiger partial charge in [-0.3, -0.25) is 4.79 Å². The summed E-state index contributed by atoms with van der Waals surface area (Å²) in [4.78, 5) is 11.0. The highest BCUT2D eigenvalue weighted by atomic mass is 127. The van der Waals surface area contributed by atoms with E-state index in [0.29, 0.717) is 6.61 Å². The van der Waals surface area contributed by atoms with Gasteiger partial charge < -0.3 is 4.74 Å². The molecule has 0 saturated heterocycles. The fourth-order valence-electron chi connectivity index (χ4n) is 1.28. The molecular weight excluding hydrogens is 243 g/mol. The van der Waals surface area contributed by atoms with Crippen LogP contribution in [0.25, 0.3) is 0 Å². The van der Waals surface area contributed by atoms with Crippen LogP contribution >= 0.6 is 22.6 Å². The highest BCUT2D eigenvalue weighted by molar-refractivity contribution is 14.1.